The Bertz CT molecular complexity index is 1320. The average molecular weight is 561 g/mol. The van der Waals surface area contributed by atoms with Gasteiger partial charge in [0.15, 0.2) is 11.4 Å². The summed E-state index contributed by atoms with van der Waals surface area (Å²) in [5, 5.41) is 10.5. The highest BCUT2D eigenvalue weighted by Gasteiger charge is 2.50. The molecule has 4 aromatic rings. The third kappa shape index (κ3) is 5.93. The number of carbonyl (C=O) groups excluding carboxylic acids is 1. The van der Waals surface area contributed by atoms with Crippen LogP contribution >= 0.6 is 15.9 Å². The second-order valence-electron chi connectivity index (χ2n) is 8.46. The van der Waals surface area contributed by atoms with E-state index in [1.165, 1.54) is 0 Å². The SMILES string of the molecule is Cc1cc(C)nc(OC(C(=O)O)C(OCC(=O)c2ccc(Br)cc2)(c2ccccc2)c2ccccc2)n1. The normalized spacial score (nSPS) is 12.1. The number of aliphatic carboxylic acids is 1. The number of nitrogens with zero attached hydrogens (tertiary/aromatic N) is 2. The molecular weight excluding hydrogens is 536 g/mol. The van der Waals surface area contributed by atoms with Crippen molar-refractivity contribution in [2.75, 3.05) is 6.61 Å². The van der Waals surface area contributed by atoms with E-state index >= 15 is 0 Å². The molecule has 0 saturated carbocycles. The van der Waals surface area contributed by atoms with E-state index in [4.69, 9.17) is 9.47 Å². The minimum atomic E-state index is -1.71. The van der Waals surface area contributed by atoms with Gasteiger partial charge in [-0.3, -0.25) is 4.79 Å². The van der Waals surface area contributed by atoms with E-state index in [0.29, 0.717) is 28.1 Å². The maximum absolute atomic E-state index is 13.2. The van der Waals surface area contributed by atoms with E-state index in [-0.39, 0.29) is 11.8 Å². The molecule has 0 aliphatic heterocycles. The van der Waals surface area contributed by atoms with E-state index in [1.54, 1.807) is 92.7 Å². The fraction of sp³-hybridized carbons (Fsp3) is 0.172. The first-order valence-electron chi connectivity index (χ1n) is 11.5. The standard InChI is InChI=1S/C29H25BrN2O5/c1-19-17-20(2)32-28(31-19)37-26(27(34)35)29(22-9-5-3-6-10-22,23-11-7-4-8-12-23)36-18-25(33)21-13-15-24(30)16-14-21/h3-17,26H,18H2,1-2H3,(H,34,35). The van der Waals surface area contributed by atoms with Gasteiger partial charge >= 0.3 is 12.0 Å². The molecule has 0 fully saturated rings. The van der Waals surface area contributed by atoms with Gasteiger partial charge in [-0.1, -0.05) is 88.7 Å². The number of aryl methyl sites for hydroxylation is 2. The molecule has 188 valence electrons. The van der Waals surface area contributed by atoms with Gasteiger partial charge in [-0.2, -0.15) is 0 Å². The molecule has 1 unspecified atom stereocenters. The number of aromatic nitrogens is 2. The summed E-state index contributed by atoms with van der Waals surface area (Å²) in [6.07, 6.45) is -1.63. The van der Waals surface area contributed by atoms with Crippen molar-refractivity contribution in [1.29, 1.82) is 0 Å². The summed E-state index contributed by atoms with van der Waals surface area (Å²) >= 11 is 3.37. The first kappa shape index (κ1) is 26.2. The number of benzene rings is 3. The van der Waals surface area contributed by atoms with E-state index in [1.807, 2.05) is 12.1 Å². The molecular formula is C29H25BrN2O5. The van der Waals surface area contributed by atoms with Crippen LogP contribution in [0.2, 0.25) is 0 Å². The summed E-state index contributed by atoms with van der Waals surface area (Å²) in [4.78, 5) is 34.6. The van der Waals surface area contributed by atoms with Gasteiger partial charge in [-0.25, -0.2) is 14.8 Å². The molecule has 0 saturated heterocycles. The molecule has 1 N–H and O–H groups in total. The molecule has 1 aromatic heterocycles. The first-order chi connectivity index (χ1) is 17.8. The van der Waals surface area contributed by atoms with Crippen LogP contribution in [0, 0.1) is 13.8 Å². The van der Waals surface area contributed by atoms with Crippen LogP contribution in [0.25, 0.3) is 0 Å². The summed E-state index contributed by atoms with van der Waals surface area (Å²) in [5.74, 6) is -1.61. The number of hydrogen-bond acceptors (Lipinski definition) is 6. The van der Waals surface area contributed by atoms with Crippen LogP contribution in [0.15, 0.2) is 95.5 Å². The zero-order valence-corrected chi connectivity index (χ0v) is 21.9. The van der Waals surface area contributed by atoms with Crippen LogP contribution in [0.1, 0.15) is 32.9 Å². The predicted octanol–water partition coefficient (Wildman–Crippen LogP) is 5.53. The third-order valence-electron chi connectivity index (χ3n) is 5.78. The topological polar surface area (TPSA) is 98.6 Å². The van der Waals surface area contributed by atoms with E-state index in [0.717, 1.165) is 4.47 Å². The van der Waals surface area contributed by atoms with Crippen molar-refractivity contribution >= 4 is 27.7 Å². The monoisotopic (exact) mass is 560 g/mol. The maximum Gasteiger partial charge on any atom is 0.348 e. The van der Waals surface area contributed by atoms with Crippen LogP contribution < -0.4 is 4.74 Å². The average Bonchev–Trinajstić information content (AvgIpc) is 2.89. The van der Waals surface area contributed by atoms with Gasteiger partial charge in [0.2, 0.25) is 6.10 Å². The predicted molar refractivity (Wildman–Crippen MR) is 142 cm³/mol. The van der Waals surface area contributed by atoms with Crippen molar-refractivity contribution in [3.63, 3.8) is 0 Å². The van der Waals surface area contributed by atoms with Crippen LogP contribution in [0.3, 0.4) is 0 Å². The molecule has 0 amide bonds. The Morgan fingerprint density at radius 2 is 1.38 bits per heavy atom. The molecule has 0 spiro atoms. The molecule has 4 rings (SSSR count). The lowest BCUT2D eigenvalue weighted by molar-refractivity contribution is -0.162. The Morgan fingerprint density at radius 1 is 0.865 bits per heavy atom. The van der Waals surface area contributed by atoms with Crippen LogP contribution in [0.4, 0.5) is 0 Å². The van der Waals surface area contributed by atoms with Gasteiger partial charge in [0.05, 0.1) is 0 Å². The fourth-order valence-corrected chi connectivity index (χ4v) is 4.41. The first-order valence-corrected chi connectivity index (χ1v) is 12.3. The van der Waals surface area contributed by atoms with Gasteiger partial charge in [-0.15, -0.1) is 0 Å². The molecule has 0 bridgehead atoms. The number of ketones is 1. The number of carboxylic acid groups (broad SMARTS) is 1. The third-order valence-corrected chi connectivity index (χ3v) is 6.31. The number of halogens is 1. The zero-order chi connectivity index (χ0) is 26.4. The Morgan fingerprint density at radius 3 is 1.86 bits per heavy atom. The van der Waals surface area contributed by atoms with Gasteiger partial charge in [0.1, 0.15) is 6.61 Å². The molecule has 3 aromatic carbocycles. The summed E-state index contributed by atoms with van der Waals surface area (Å²) in [5.41, 5.74) is 0.984. The number of rotatable bonds is 10. The lowest BCUT2D eigenvalue weighted by atomic mass is 9.81. The molecule has 7 nitrogen and oxygen atoms in total. The van der Waals surface area contributed by atoms with E-state index in [9.17, 15) is 14.7 Å². The number of hydrogen-bond donors (Lipinski definition) is 1. The quantitative estimate of drug-likeness (QED) is 0.254. The van der Waals surface area contributed by atoms with E-state index < -0.39 is 24.3 Å². The van der Waals surface area contributed by atoms with Crippen molar-refractivity contribution in [3.8, 4) is 6.01 Å². The summed E-state index contributed by atoms with van der Waals surface area (Å²) < 4.78 is 13.2. The smallest absolute Gasteiger partial charge is 0.348 e. The van der Waals surface area contributed by atoms with Gasteiger partial charge in [0.25, 0.3) is 0 Å². The zero-order valence-electron chi connectivity index (χ0n) is 20.3. The van der Waals surface area contributed by atoms with Crippen molar-refractivity contribution in [3.05, 3.63) is 124 Å². The molecule has 37 heavy (non-hydrogen) atoms. The van der Waals surface area contributed by atoms with Gasteiger partial charge in [-0.05, 0) is 43.2 Å². The van der Waals surface area contributed by atoms with Gasteiger partial charge < -0.3 is 14.6 Å². The highest BCUT2D eigenvalue weighted by atomic mass is 79.9. The Hall–Kier alpha value is -3.88. The molecule has 1 atom stereocenters. The minimum Gasteiger partial charge on any atom is -0.478 e. The van der Waals surface area contributed by atoms with Crippen LogP contribution in [-0.4, -0.2) is 39.5 Å². The second-order valence-corrected chi connectivity index (χ2v) is 9.37. The number of ether oxygens (including phenoxy) is 2. The minimum absolute atomic E-state index is 0.0935. The Kier molecular flexibility index (Phi) is 8.11. The summed E-state index contributed by atoms with van der Waals surface area (Å²) in [6.45, 7) is 3.14. The lowest BCUT2D eigenvalue weighted by Gasteiger charge is -2.38. The Balaban J connectivity index is 1.85. The maximum atomic E-state index is 13.2. The molecule has 8 heteroatoms. The summed E-state index contributed by atoms with van der Waals surface area (Å²) in [7, 11) is 0. The van der Waals surface area contributed by atoms with Crippen molar-refractivity contribution in [1.82, 2.24) is 9.97 Å². The number of carbonyl (C=O) groups is 2. The summed E-state index contributed by atoms with van der Waals surface area (Å²) in [6, 6.07) is 26.3. The van der Waals surface area contributed by atoms with Crippen molar-refractivity contribution in [2.24, 2.45) is 0 Å². The van der Waals surface area contributed by atoms with Crippen LogP contribution in [-0.2, 0) is 15.1 Å². The largest absolute Gasteiger partial charge is 0.478 e. The second kappa shape index (κ2) is 11.5. The Labute approximate surface area is 223 Å². The van der Waals surface area contributed by atoms with Crippen molar-refractivity contribution < 1.29 is 24.2 Å². The molecule has 0 aliphatic carbocycles. The molecule has 0 aliphatic rings. The lowest BCUT2D eigenvalue weighted by Crippen LogP contribution is -2.52. The van der Waals surface area contributed by atoms with Crippen molar-refractivity contribution in [2.45, 2.75) is 25.6 Å². The number of carboxylic acids is 1. The highest BCUT2D eigenvalue weighted by Crippen LogP contribution is 2.39. The highest BCUT2D eigenvalue weighted by molar-refractivity contribution is 9.10. The molecule has 1 heterocycles. The fourth-order valence-electron chi connectivity index (χ4n) is 4.14. The van der Waals surface area contributed by atoms with Gasteiger partial charge in [0, 0.05) is 21.4 Å². The van der Waals surface area contributed by atoms with Crippen LogP contribution in [0.5, 0.6) is 6.01 Å². The molecule has 0 radical (unpaired) electrons. The number of Topliss-reactive ketones (excluding diaryl/α,β-unsaturated/α-hetero) is 1. The van der Waals surface area contributed by atoms with E-state index in [2.05, 4.69) is 25.9 Å².